The average Bonchev–Trinajstić information content (AvgIpc) is 3.23. The Balaban J connectivity index is 1.38. The third-order valence-electron chi connectivity index (χ3n) is 5.65. The molecular weight excluding hydrogens is 436 g/mol. The predicted octanol–water partition coefficient (Wildman–Crippen LogP) is 5.39. The van der Waals surface area contributed by atoms with Crippen LogP contribution in [0.15, 0.2) is 58.8 Å². The van der Waals surface area contributed by atoms with Crippen LogP contribution in [-0.4, -0.2) is 31.7 Å². The number of sulfone groups is 1. The Morgan fingerprint density at radius 1 is 1.03 bits per heavy atom. The van der Waals surface area contributed by atoms with Crippen LogP contribution in [0.4, 0.5) is 5.13 Å². The lowest BCUT2D eigenvalue weighted by Crippen LogP contribution is -2.39. The lowest BCUT2D eigenvalue weighted by molar-refractivity contribution is 0.529. The zero-order valence-corrected chi connectivity index (χ0v) is 19.3. The van der Waals surface area contributed by atoms with E-state index in [2.05, 4.69) is 41.5 Å². The number of piperidine rings is 1. The van der Waals surface area contributed by atoms with Gasteiger partial charge in [-0.25, -0.2) is 13.4 Å². The van der Waals surface area contributed by atoms with Crippen molar-refractivity contribution in [3.05, 3.63) is 75.8 Å². The summed E-state index contributed by atoms with van der Waals surface area (Å²) in [5.74, 6) is 0. The minimum absolute atomic E-state index is 0.355. The van der Waals surface area contributed by atoms with E-state index >= 15 is 0 Å². The fraction of sp³-hybridized carbons (Fsp3) is 0.348. The molecule has 4 nitrogen and oxygen atoms in total. The van der Waals surface area contributed by atoms with Gasteiger partial charge in [-0.05, 0) is 54.7 Å². The Labute approximate surface area is 187 Å². The molecule has 0 N–H and O–H groups in total. The minimum Gasteiger partial charge on any atom is -0.348 e. The fourth-order valence-electron chi connectivity index (χ4n) is 3.80. The number of anilines is 1. The largest absolute Gasteiger partial charge is 0.348 e. The molecule has 1 aliphatic heterocycles. The molecule has 0 atom stereocenters. The minimum atomic E-state index is -3.33. The number of rotatable bonds is 6. The third kappa shape index (κ3) is 4.71. The zero-order chi connectivity index (χ0) is 21.1. The van der Waals surface area contributed by atoms with Crippen molar-refractivity contribution >= 4 is 37.9 Å². The maximum absolute atomic E-state index is 12.9. The van der Waals surface area contributed by atoms with Gasteiger partial charge in [0.1, 0.15) is 0 Å². The van der Waals surface area contributed by atoms with Gasteiger partial charge in [0.15, 0.2) is 15.0 Å². The SMILES string of the molecule is CCc1ccc(Cc2csc(N3CCC(S(=O)(=O)c4ccc(Cl)cc4)CC3)n2)cc1. The number of hydrogen-bond donors (Lipinski definition) is 0. The molecular formula is C23H25ClN2O2S2. The van der Waals surface area contributed by atoms with E-state index < -0.39 is 9.84 Å². The van der Waals surface area contributed by atoms with Crippen LogP contribution in [0.2, 0.25) is 5.02 Å². The highest BCUT2D eigenvalue weighted by Gasteiger charge is 2.32. The zero-order valence-electron chi connectivity index (χ0n) is 16.9. The van der Waals surface area contributed by atoms with E-state index in [1.54, 1.807) is 35.6 Å². The summed E-state index contributed by atoms with van der Waals surface area (Å²) in [6, 6.07) is 15.2. The van der Waals surface area contributed by atoms with E-state index in [1.807, 2.05) is 0 Å². The van der Waals surface area contributed by atoms with Crippen molar-refractivity contribution in [3.63, 3.8) is 0 Å². The standard InChI is InChI=1S/C23H25ClN2O2S2/c1-2-17-3-5-18(6-4-17)15-20-16-29-23(25-20)26-13-11-22(12-14-26)30(27,28)21-9-7-19(24)8-10-21/h3-10,16,22H,2,11-15H2,1H3. The Morgan fingerprint density at radius 3 is 2.30 bits per heavy atom. The maximum atomic E-state index is 12.9. The quantitative estimate of drug-likeness (QED) is 0.494. The molecule has 0 bridgehead atoms. The van der Waals surface area contributed by atoms with Gasteiger partial charge < -0.3 is 4.90 Å². The van der Waals surface area contributed by atoms with Crippen molar-refractivity contribution in [2.24, 2.45) is 0 Å². The maximum Gasteiger partial charge on any atom is 0.185 e. The number of thiazole rings is 1. The number of nitrogens with zero attached hydrogens (tertiary/aromatic N) is 2. The Kier molecular flexibility index (Phi) is 6.46. The van der Waals surface area contributed by atoms with Gasteiger partial charge in [-0.15, -0.1) is 11.3 Å². The second kappa shape index (κ2) is 9.08. The van der Waals surface area contributed by atoms with Crippen LogP contribution in [-0.2, 0) is 22.7 Å². The Morgan fingerprint density at radius 2 is 1.67 bits per heavy atom. The molecule has 0 radical (unpaired) electrons. The summed E-state index contributed by atoms with van der Waals surface area (Å²) in [6.45, 7) is 3.57. The summed E-state index contributed by atoms with van der Waals surface area (Å²) < 4.78 is 25.8. The van der Waals surface area contributed by atoms with E-state index in [-0.39, 0.29) is 5.25 Å². The van der Waals surface area contributed by atoms with E-state index in [0.29, 0.717) is 35.8 Å². The van der Waals surface area contributed by atoms with Crippen LogP contribution in [0.5, 0.6) is 0 Å². The highest BCUT2D eigenvalue weighted by Crippen LogP contribution is 2.30. The molecule has 0 unspecified atom stereocenters. The van der Waals surface area contributed by atoms with Gasteiger partial charge >= 0.3 is 0 Å². The molecule has 3 aromatic rings. The van der Waals surface area contributed by atoms with Gasteiger partial charge in [0, 0.05) is 29.9 Å². The van der Waals surface area contributed by atoms with Crippen molar-refractivity contribution in [2.75, 3.05) is 18.0 Å². The molecule has 2 aromatic carbocycles. The smallest absolute Gasteiger partial charge is 0.185 e. The fourth-order valence-corrected chi connectivity index (χ4v) is 6.54. The number of halogens is 1. The summed E-state index contributed by atoms with van der Waals surface area (Å²) in [7, 11) is -3.33. The summed E-state index contributed by atoms with van der Waals surface area (Å²) in [6.07, 6.45) is 3.09. The van der Waals surface area contributed by atoms with Gasteiger partial charge in [-0.1, -0.05) is 42.8 Å². The molecule has 0 aliphatic carbocycles. The van der Waals surface area contributed by atoms with Crippen LogP contribution >= 0.6 is 22.9 Å². The van der Waals surface area contributed by atoms with Gasteiger partial charge in [0.25, 0.3) is 0 Å². The van der Waals surface area contributed by atoms with Crippen LogP contribution in [0.3, 0.4) is 0 Å². The summed E-state index contributed by atoms with van der Waals surface area (Å²) >= 11 is 7.53. The lowest BCUT2D eigenvalue weighted by atomic mass is 10.1. The second-order valence-corrected chi connectivity index (χ2v) is 11.2. The van der Waals surface area contributed by atoms with Crippen LogP contribution in [0.25, 0.3) is 0 Å². The average molecular weight is 461 g/mol. The Bertz CT molecular complexity index is 1080. The number of hydrogen-bond acceptors (Lipinski definition) is 5. The first-order chi connectivity index (χ1) is 14.5. The van der Waals surface area contributed by atoms with Gasteiger partial charge in [0.2, 0.25) is 0 Å². The van der Waals surface area contributed by atoms with Gasteiger partial charge in [-0.2, -0.15) is 0 Å². The highest BCUT2D eigenvalue weighted by molar-refractivity contribution is 7.92. The van der Waals surface area contributed by atoms with Crippen molar-refractivity contribution in [2.45, 2.75) is 42.8 Å². The van der Waals surface area contributed by atoms with Crippen LogP contribution < -0.4 is 4.90 Å². The van der Waals surface area contributed by atoms with Crippen molar-refractivity contribution < 1.29 is 8.42 Å². The van der Waals surface area contributed by atoms with Crippen molar-refractivity contribution in [1.82, 2.24) is 4.98 Å². The van der Waals surface area contributed by atoms with E-state index in [1.165, 1.54) is 11.1 Å². The monoisotopic (exact) mass is 460 g/mol. The van der Waals surface area contributed by atoms with Gasteiger partial charge in [0.05, 0.1) is 15.8 Å². The molecule has 7 heteroatoms. The summed E-state index contributed by atoms with van der Waals surface area (Å²) in [5.41, 5.74) is 3.67. The molecule has 158 valence electrons. The third-order valence-corrected chi connectivity index (χ3v) is 9.13. The highest BCUT2D eigenvalue weighted by atomic mass is 35.5. The molecule has 1 aliphatic rings. The first kappa shape index (κ1) is 21.3. The topological polar surface area (TPSA) is 50.3 Å². The molecule has 0 saturated carbocycles. The van der Waals surface area contributed by atoms with E-state index in [9.17, 15) is 8.42 Å². The molecule has 1 saturated heterocycles. The molecule has 0 amide bonds. The first-order valence-corrected chi connectivity index (χ1v) is 13.0. The number of benzene rings is 2. The molecule has 30 heavy (non-hydrogen) atoms. The molecule has 0 spiro atoms. The van der Waals surface area contributed by atoms with Crippen LogP contribution in [0.1, 0.15) is 36.6 Å². The number of aromatic nitrogens is 1. The summed E-state index contributed by atoms with van der Waals surface area (Å²) in [5, 5.41) is 3.29. The molecule has 1 fully saturated rings. The molecule has 4 rings (SSSR count). The molecule has 2 heterocycles. The number of aryl methyl sites for hydroxylation is 1. The van der Waals surface area contributed by atoms with Crippen LogP contribution in [0, 0.1) is 0 Å². The van der Waals surface area contributed by atoms with E-state index in [4.69, 9.17) is 16.6 Å². The van der Waals surface area contributed by atoms with Crippen molar-refractivity contribution in [1.29, 1.82) is 0 Å². The van der Waals surface area contributed by atoms with Gasteiger partial charge in [-0.3, -0.25) is 0 Å². The van der Waals surface area contributed by atoms with E-state index in [0.717, 1.165) is 23.7 Å². The normalized spacial score (nSPS) is 15.5. The Hall–Kier alpha value is -1.89. The summed E-state index contributed by atoms with van der Waals surface area (Å²) in [4.78, 5) is 7.38. The lowest BCUT2D eigenvalue weighted by Gasteiger charge is -2.31. The second-order valence-electron chi connectivity index (χ2n) is 7.65. The first-order valence-electron chi connectivity index (χ1n) is 10.2. The molecule has 1 aromatic heterocycles. The predicted molar refractivity (Wildman–Crippen MR) is 125 cm³/mol. The van der Waals surface area contributed by atoms with Crippen molar-refractivity contribution in [3.8, 4) is 0 Å².